The number of pyridine rings is 1. The Bertz CT molecular complexity index is 853. The summed E-state index contributed by atoms with van der Waals surface area (Å²) in [5.41, 5.74) is 1.64. The first kappa shape index (κ1) is 18.9. The molecule has 0 N–H and O–H groups in total. The number of ether oxygens (including phenoxy) is 1. The lowest BCUT2D eigenvalue weighted by Crippen LogP contribution is -2.50. The molecule has 0 spiro atoms. The topological polar surface area (TPSA) is 62.7 Å². The van der Waals surface area contributed by atoms with Crippen LogP contribution >= 0.6 is 15.9 Å². The van der Waals surface area contributed by atoms with E-state index in [4.69, 9.17) is 4.74 Å². The standard InChI is InChI=1S/C21H22BrN3O3/c22-19-8-4-7-18(23-19)20(26)24-11-9-16(10-12-24)25-17(14-28-21(25)27)13-15-5-2-1-3-6-15/h1-8,16-17H,9-14H2. The van der Waals surface area contributed by atoms with E-state index in [0.717, 1.165) is 19.3 Å². The Hall–Kier alpha value is -2.41. The van der Waals surface area contributed by atoms with Crippen molar-refractivity contribution in [3.63, 3.8) is 0 Å². The molecule has 1 atom stereocenters. The summed E-state index contributed by atoms with van der Waals surface area (Å²) in [5, 5.41) is 0. The molecule has 0 saturated carbocycles. The highest BCUT2D eigenvalue weighted by Gasteiger charge is 2.39. The van der Waals surface area contributed by atoms with E-state index in [0.29, 0.717) is 30.0 Å². The molecule has 1 aromatic carbocycles. The summed E-state index contributed by atoms with van der Waals surface area (Å²) < 4.78 is 6.00. The minimum atomic E-state index is -0.237. The minimum absolute atomic E-state index is 0.0499. The van der Waals surface area contributed by atoms with E-state index in [1.54, 1.807) is 12.1 Å². The molecule has 1 unspecified atom stereocenters. The molecule has 2 amide bonds. The lowest BCUT2D eigenvalue weighted by atomic mass is 9.99. The molecule has 0 aliphatic carbocycles. The number of hydrogen-bond donors (Lipinski definition) is 0. The second-order valence-electron chi connectivity index (χ2n) is 7.20. The van der Waals surface area contributed by atoms with Gasteiger partial charge in [-0.05, 0) is 52.9 Å². The first-order valence-electron chi connectivity index (χ1n) is 9.52. The zero-order chi connectivity index (χ0) is 19.5. The van der Waals surface area contributed by atoms with Crippen molar-refractivity contribution in [1.29, 1.82) is 0 Å². The van der Waals surface area contributed by atoms with Gasteiger partial charge in [-0.2, -0.15) is 0 Å². The molecule has 2 aromatic rings. The molecule has 28 heavy (non-hydrogen) atoms. The SMILES string of the molecule is O=C(c1cccc(Br)n1)N1CCC(N2C(=O)OCC2Cc2ccccc2)CC1. The maximum Gasteiger partial charge on any atom is 0.410 e. The van der Waals surface area contributed by atoms with Crippen LogP contribution in [0.1, 0.15) is 28.9 Å². The van der Waals surface area contributed by atoms with Gasteiger partial charge >= 0.3 is 6.09 Å². The number of amides is 2. The second kappa shape index (κ2) is 8.31. The normalized spacial score (nSPS) is 20.3. The second-order valence-corrected chi connectivity index (χ2v) is 8.01. The maximum atomic E-state index is 12.7. The highest BCUT2D eigenvalue weighted by atomic mass is 79.9. The first-order chi connectivity index (χ1) is 13.6. The number of nitrogens with zero attached hydrogens (tertiary/aromatic N) is 3. The van der Waals surface area contributed by atoms with Gasteiger partial charge in [0.1, 0.15) is 16.9 Å². The third kappa shape index (κ3) is 4.04. The summed E-state index contributed by atoms with van der Waals surface area (Å²) in [7, 11) is 0. The number of piperidine rings is 1. The predicted molar refractivity (Wildman–Crippen MR) is 108 cm³/mol. The van der Waals surface area contributed by atoms with Crippen LogP contribution in [0.15, 0.2) is 53.1 Å². The number of cyclic esters (lactones) is 1. The van der Waals surface area contributed by atoms with E-state index >= 15 is 0 Å². The molecular weight excluding hydrogens is 422 g/mol. The number of likely N-dealkylation sites (tertiary alicyclic amines) is 1. The average molecular weight is 444 g/mol. The summed E-state index contributed by atoms with van der Waals surface area (Å²) in [6.07, 6.45) is 2.05. The molecule has 1 aromatic heterocycles. The highest BCUT2D eigenvalue weighted by Crippen LogP contribution is 2.26. The van der Waals surface area contributed by atoms with Crippen LogP contribution in [-0.2, 0) is 11.2 Å². The molecular formula is C21H22BrN3O3. The molecule has 146 valence electrons. The molecule has 0 bridgehead atoms. The monoisotopic (exact) mass is 443 g/mol. The van der Waals surface area contributed by atoms with Crippen molar-refractivity contribution in [2.24, 2.45) is 0 Å². The minimum Gasteiger partial charge on any atom is -0.447 e. The Labute approximate surface area is 172 Å². The number of halogens is 1. The van der Waals surface area contributed by atoms with Crippen LogP contribution < -0.4 is 0 Å². The third-order valence-electron chi connectivity index (χ3n) is 5.40. The fourth-order valence-corrected chi connectivity index (χ4v) is 4.34. The van der Waals surface area contributed by atoms with E-state index < -0.39 is 0 Å². The van der Waals surface area contributed by atoms with Gasteiger partial charge in [0.2, 0.25) is 0 Å². The van der Waals surface area contributed by atoms with Gasteiger partial charge < -0.3 is 9.64 Å². The zero-order valence-electron chi connectivity index (χ0n) is 15.5. The maximum absolute atomic E-state index is 12.7. The van der Waals surface area contributed by atoms with Crippen molar-refractivity contribution in [2.45, 2.75) is 31.3 Å². The Morgan fingerprint density at radius 3 is 2.57 bits per heavy atom. The fraction of sp³-hybridized carbons (Fsp3) is 0.381. The van der Waals surface area contributed by atoms with Crippen molar-refractivity contribution in [1.82, 2.24) is 14.8 Å². The molecule has 3 heterocycles. The number of carbonyl (C=O) groups excluding carboxylic acids is 2. The van der Waals surface area contributed by atoms with Gasteiger partial charge in [0, 0.05) is 19.1 Å². The lowest BCUT2D eigenvalue weighted by molar-refractivity contribution is 0.0631. The molecule has 0 radical (unpaired) electrons. The molecule has 2 aliphatic heterocycles. The van der Waals surface area contributed by atoms with Gasteiger partial charge in [-0.15, -0.1) is 0 Å². The van der Waals surface area contributed by atoms with Crippen LogP contribution in [0, 0.1) is 0 Å². The number of benzene rings is 1. The van der Waals surface area contributed by atoms with Gasteiger partial charge in [0.25, 0.3) is 5.91 Å². The van der Waals surface area contributed by atoms with Crippen LogP contribution in [0.5, 0.6) is 0 Å². The third-order valence-corrected chi connectivity index (χ3v) is 5.84. The largest absolute Gasteiger partial charge is 0.447 e. The average Bonchev–Trinajstić information content (AvgIpc) is 3.08. The Morgan fingerprint density at radius 1 is 1.11 bits per heavy atom. The molecule has 2 fully saturated rings. The van der Waals surface area contributed by atoms with Crippen molar-refractivity contribution in [2.75, 3.05) is 19.7 Å². The quantitative estimate of drug-likeness (QED) is 0.678. The predicted octanol–water partition coefficient (Wildman–Crippen LogP) is 3.51. The van der Waals surface area contributed by atoms with Gasteiger partial charge in [0.15, 0.2) is 0 Å². The fourth-order valence-electron chi connectivity index (χ4n) is 4.00. The van der Waals surface area contributed by atoms with Gasteiger partial charge in [-0.3, -0.25) is 9.69 Å². The number of hydrogen-bond acceptors (Lipinski definition) is 4. The van der Waals surface area contributed by atoms with Crippen molar-refractivity contribution < 1.29 is 14.3 Å². The summed E-state index contributed by atoms with van der Waals surface area (Å²) in [4.78, 5) is 33.0. The van der Waals surface area contributed by atoms with Crippen LogP contribution in [0.3, 0.4) is 0 Å². The van der Waals surface area contributed by atoms with Gasteiger partial charge in [0.05, 0.1) is 6.04 Å². The van der Waals surface area contributed by atoms with Crippen molar-refractivity contribution >= 4 is 27.9 Å². The highest BCUT2D eigenvalue weighted by molar-refractivity contribution is 9.10. The van der Waals surface area contributed by atoms with Crippen LogP contribution in [0.2, 0.25) is 0 Å². The molecule has 7 heteroatoms. The Balaban J connectivity index is 1.39. The summed E-state index contributed by atoms with van der Waals surface area (Å²) in [5.74, 6) is -0.0652. The number of rotatable bonds is 4. The van der Waals surface area contributed by atoms with Gasteiger partial charge in [-0.25, -0.2) is 9.78 Å². The molecule has 2 aliphatic rings. The van der Waals surface area contributed by atoms with E-state index in [-0.39, 0.29) is 24.1 Å². The molecule has 2 saturated heterocycles. The Morgan fingerprint density at radius 2 is 1.86 bits per heavy atom. The zero-order valence-corrected chi connectivity index (χ0v) is 17.0. The van der Waals surface area contributed by atoms with E-state index in [9.17, 15) is 9.59 Å². The van der Waals surface area contributed by atoms with Crippen LogP contribution in [-0.4, -0.2) is 58.6 Å². The Kier molecular flexibility index (Phi) is 5.62. The number of carbonyl (C=O) groups is 2. The van der Waals surface area contributed by atoms with E-state index in [1.165, 1.54) is 5.56 Å². The van der Waals surface area contributed by atoms with Gasteiger partial charge in [-0.1, -0.05) is 36.4 Å². The van der Waals surface area contributed by atoms with Crippen molar-refractivity contribution in [3.8, 4) is 0 Å². The number of aromatic nitrogens is 1. The lowest BCUT2D eigenvalue weighted by Gasteiger charge is -2.37. The molecule has 6 nitrogen and oxygen atoms in total. The van der Waals surface area contributed by atoms with E-state index in [2.05, 4.69) is 33.0 Å². The van der Waals surface area contributed by atoms with E-state index in [1.807, 2.05) is 34.1 Å². The van der Waals surface area contributed by atoms with Crippen molar-refractivity contribution in [3.05, 3.63) is 64.4 Å². The van der Waals surface area contributed by atoms with Crippen LogP contribution in [0.25, 0.3) is 0 Å². The summed E-state index contributed by atoms with van der Waals surface area (Å²) in [6.45, 7) is 1.65. The smallest absolute Gasteiger partial charge is 0.410 e. The first-order valence-corrected chi connectivity index (χ1v) is 10.3. The van der Waals surface area contributed by atoms with Crippen LogP contribution in [0.4, 0.5) is 4.79 Å². The summed E-state index contributed by atoms with van der Waals surface area (Å²) >= 11 is 3.31. The summed E-state index contributed by atoms with van der Waals surface area (Å²) in [6, 6.07) is 15.7. The molecule has 4 rings (SSSR count).